The van der Waals surface area contributed by atoms with E-state index in [1.807, 2.05) is 6.92 Å². The van der Waals surface area contributed by atoms with Gasteiger partial charge in [-0.05, 0) is 38.0 Å². The predicted octanol–water partition coefficient (Wildman–Crippen LogP) is 2.96. The molecule has 1 aromatic rings. The van der Waals surface area contributed by atoms with Gasteiger partial charge in [-0.2, -0.15) is 0 Å². The summed E-state index contributed by atoms with van der Waals surface area (Å²) in [7, 11) is 0. The molecule has 0 aromatic carbocycles. The number of hydrogen-bond acceptors (Lipinski definition) is 4. The van der Waals surface area contributed by atoms with E-state index >= 15 is 0 Å². The van der Waals surface area contributed by atoms with E-state index in [0.717, 1.165) is 22.0 Å². The normalized spacial score (nSPS) is 15.1. The van der Waals surface area contributed by atoms with Crippen LogP contribution in [0.2, 0.25) is 0 Å². The highest BCUT2D eigenvalue weighted by molar-refractivity contribution is 7.13. The van der Waals surface area contributed by atoms with Crippen molar-refractivity contribution in [1.29, 1.82) is 0 Å². The Hall–Kier alpha value is -0.360. The Morgan fingerprint density at radius 2 is 2.05 bits per heavy atom. The van der Waals surface area contributed by atoms with Gasteiger partial charge in [-0.3, -0.25) is 4.79 Å². The first kappa shape index (κ1) is 20.6. The number of hydrogen-bond donors (Lipinski definition) is 2. The van der Waals surface area contributed by atoms with Crippen molar-refractivity contribution in [2.24, 2.45) is 17.6 Å². The molecule has 1 saturated carbocycles. The van der Waals surface area contributed by atoms with E-state index in [-0.39, 0.29) is 36.8 Å². The van der Waals surface area contributed by atoms with Crippen LogP contribution in [-0.2, 0) is 6.42 Å². The van der Waals surface area contributed by atoms with E-state index in [2.05, 4.69) is 24.1 Å². The van der Waals surface area contributed by atoms with Gasteiger partial charge in [-0.1, -0.05) is 13.8 Å². The van der Waals surface area contributed by atoms with Crippen LogP contribution in [0.4, 0.5) is 0 Å². The second-order valence-corrected chi connectivity index (χ2v) is 7.02. The van der Waals surface area contributed by atoms with Gasteiger partial charge in [0, 0.05) is 12.6 Å². The van der Waals surface area contributed by atoms with E-state index in [9.17, 15) is 4.79 Å². The Morgan fingerprint density at radius 1 is 1.43 bits per heavy atom. The number of aromatic nitrogens is 1. The van der Waals surface area contributed by atoms with Crippen LogP contribution in [0, 0.1) is 18.8 Å². The topological polar surface area (TPSA) is 68.0 Å². The summed E-state index contributed by atoms with van der Waals surface area (Å²) in [5.74, 6) is 1.10. The zero-order valence-electron chi connectivity index (χ0n) is 12.7. The largest absolute Gasteiger partial charge is 0.350 e. The maximum atomic E-state index is 12.2. The molecule has 1 aliphatic carbocycles. The number of nitrogens with two attached hydrogens (primary N) is 1. The molecule has 1 atom stereocenters. The first-order valence-electron chi connectivity index (χ1n) is 6.97. The lowest BCUT2D eigenvalue weighted by Gasteiger charge is -2.11. The first-order chi connectivity index (χ1) is 8.97. The quantitative estimate of drug-likeness (QED) is 0.825. The molecule has 1 heterocycles. The Morgan fingerprint density at radius 3 is 2.57 bits per heavy atom. The van der Waals surface area contributed by atoms with Gasteiger partial charge in [0.25, 0.3) is 5.91 Å². The summed E-state index contributed by atoms with van der Waals surface area (Å²) in [6.07, 6.45) is 3.26. The second-order valence-electron chi connectivity index (χ2n) is 5.82. The highest BCUT2D eigenvalue weighted by atomic mass is 35.5. The number of nitrogens with one attached hydrogen (secondary N) is 1. The van der Waals surface area contributed by atoms with Gasteiger partial charge in [0.15, 0.2) is 0 Å². The molecule has 1 unspecified atom stereocenters. The van der Waals surface area contributed by atoms with Crippen LogP contribution in [0.5, 0.6) is 0 Å². The molecule has 0 aliphatic heterocycles. The molecule has 1 amide bonds. The monoisotopic (exact) mass is 353 g/mol. The van der Waals surface area contributed by atoms with Crippen LogP contribution >= 0.6 is 36.2 Å². The SMILES string of the molecule is Cc1nc(CC(C)C)c(C(=O)NCC(N)C2CC2)s1.Cl.Cl. The summed E-state index contributed by atoms with van der Waals surface area (Å²) >= 11 is 1.48. The van der Waals surface area contributed by atoms with Crippen molar-refractivity contribution in [2.45, 2.75) is 46.1 Å². The third-order valence-corrected chi connectivity index (χ3v) is 4.35. The van der Waals surface area contributed by atoms with Gasteiger partial charge in [-0.15, -0.1) is 36.2 Å². The number of carbonyl (C=O) groups excluding carboxylic acids is 1. The number of rotatable bonds is 6. The summed E-state index contributed by atoms with van der Waals surface area (Å²) in [5.41, 5.74) is 6.93. The summed E-state index contributed by atoms with van der Waals surface area (Å²) in [5, 5.41) is 3.90. The van der Waals surface area contributed by atoms with Gasteiger partial charge >= 0.3 is 0 Å². The van der Waals surface area contributed by atoms with Gasteiger partial charge in [-0.25, -0.2) is 4.98 Å². The fourth-order valence-corrected chi connectivity index (χ4v) is 3.02. The van der Waals surface area contributed by atoms with Crippen LogP contribution in [0.3, 0.4) is 0 Å². The molecule has 1 aliphatic rings. The molecule has 3 N–H and O–H groups in total. The maximum Gasteiger partial charge on any atom is 0.263 e. The molecule has 122 valence electrons. The number of halogens is 2. The number of carbonyl (C=O) groups is 1. The Balaban J connectivity index is 0.00000200. The summed E-state index contributed by atoms with van der Waals surface area (Å²) < 4.78 is 0. The molecule has 21 heavy (non-hydrogen) atoms. The average Bonchev–Trinajstić information content (AvgIpc) is 3.10. The standard InChI is InChI=1S/C14H23N3OS.2ClH/c1-8(2)6-12-13(19-9(3)17-12)14(18)16-7-11(15)10-4-5-10;;/h8,10-11H,4-7,15H2,1-3H3,(H,16,18);2*1H. The van der Waals surface area contributed by atoms with Gasteiger partial charge in [0.1, 0.15) is 4.88 Å². The van der Waals surface area contributed by atoms with Crippen LogP contribution in [0.1, 0.15) is 47.1 Å². The smallest absolute Gasteiger partial charge is 0.263 e. The number of amides is 1. The fourth-order valence-electron chi connectivity index (χ4n) is 2.15. The van der Waals surface area contributed by atoms with Gasteiger partial charge < -0.3 is 11.1 Å². The lowest BCUT2D eigenvalue weighted by Crippen LogP contribution is -2.38. The van der Waals surface area contributed by atoms with Crippen LogP contribution in [0.15, 0.2) is 0 Å². The van der Waals surface area contributed by atoms with Crippen molar-refractivity contribution in [3.8, 4) is 0 Å². The van der Waals surface area contributed by atoms with E-state index < -0.39 is 0 Å². The zero-order valence-corrected chi connectivity index (χ0v) is 15.2. The zero-order chi connectivity index (χ0) is 14.0. The van der Waals surface area contributed by atoms with Crippen molar-refractivity contribution in [3.63, 3.8) is 0 Å². The Bertz CT molecular complexity index is 461. The van der Waals surface area contributed by atoms with E-state index in [0.29, 0.717) is 18.4 Å². The lowest BCUT2D eigenvalue weighted by molar-refractivity contribution is 0.0953. The molecular weight excluding hydrogens is 329 g/mol. The van der Waals surface area contributed by atoms with Crippen LogP contribution in [0.25, 0.3) is 0 Å². The number of aryl methyl sites for hydroxylation is 1. The molecule has 0 radical (unpaired) electrons. The minimum Gasteiger partial charge on any atom is -0.350 e. The summed E-state index contributed by atoms with van der Waals surface area (Å²) in [4.78, 5) is 17.4. The highest BCUT2D eigenvalue weighted by Gasteiger charge is 2.29. The van der Waals surface area contributed by atoms with Crippen LogP contribution < -0.4 is 11.1 Å². The summed E-state index contributed by atoms with van der Waals surface area (Å²) in [6.45, 7) is 6.79. The second kappa shape index (κ2) is 8.93. The van der Waals surface area contributed by atoms with Crippen LogP contribution in [-0.4, -0.2) is 23.5 Å². The third kappa shape index (κ3) is 6.10. The van der Waals surface area contributed by atoms with Gasteiger partial charge in [0.2, 0.25) is 0 Å². The summed E-state index contributed by atoms with van der Waals surface area (Å²) in [6, 6.07) is 0.103. The van der Waals surface area contributed by atoms with Crippen molar-refractivity contribution >= 4 is 42.1 Å². The van der Waals surface area contributed by atoms with E-state index in [1.165, 1.54) is 24.2 Å². The van der Waals surface area contributed by atoms with Crippen molar-refractivity contribution in [3.05, 3.63) is 15.6 Å². The Kier molecular flexibility index (Phi) is 8.78. The molecule has 0 spiro atoms. The molecule has 0 saturated heterocycles. The van der Waals surface area contributed by atoms with Gasteiger partial charge in [0.05, 0.1) is 10.7 Å². The average molecular weight is 354 g/mol. The molecule has 1 aromatic heterocycles. The van der Waals surface area contributed by atoms with Crippen molar-refractivity contribution in [2.75, 3.05) is 6.54 Å². The number of thiazole rings is 1. The third-order valence-electron chi connectivity index (χ3n) is 3.34. The van der Waals surface area contributed by atoms with Crippen molar-refractivity contribution in [1.82, 2.24) is 10.3 Å². The molecule has 4 nitrogen and oxygen atoms in total. The minimum absolute atomic E-state index is 0. The minimum atomic E-state index is -0.0163. The lowest BCUT2D eigenvalue weighted by atomic mass is 10.1. The molecule has 7 heteroatoms. The van der Waals surface area contributed by atoms with E-state index in [4.69, 9.17) is 5.73 Å². The Labute approximate surface area is 143 Å². The molecule has 2 rings (SSSR count). The van der Waals surface area contributed by atoms with E-state index in [1.54, 1.807) is 0 Å². The predicted molar refractivity (Wildman–Crippen MR) is 92.9 cm³/mol. The highest BCUT2D eigenvalue weighted by Crippen LogP contribution is 2.31. The fraction of sp³-hybridized carbons (Fsp3) is 0.714. The first-order valence-corrected chi connectivity index (χ1v) is 7.79. The number of nitrogens with zero attached hydrogens (tertiary/aromatic N) is 1. The molecular formula is C14H25Cl2N3OS. The maximum absolute atomic E-state index is 12.2. The molecule has 1 fully saturated rings. The molecule has 0 bridgehead atoms. The van der Waals surface area contributed by atoms with Crippen molar-refractivity contribution < 1.29 is 4.79 Å².